The fraction of sp³-hybridized carbons (Fsp3) is 0.538. The lowest BCUT2D eigenvalue weighted by molar-refractivity contribution is -0.142. The van der Waals surface area contributed by atoms with Gasteiger partial charge in [-0.3, -0.25) is 9.78 Å². The van der Waals surface area contributed by atoms with E-state index in [1.54, 1.807) is 31.5 Å². The Hall–Kier alpha value is -1.47. The highest BCUT2D eigenvalue weighted by Crippen LogP contribution is 2.25. The van der Waals surface area contributed by atoms with Gasteiger partial charge in [0.1, 0.15) is 0 Å². The van der Waals surface area contributed by atoms with Gasteiger partial charge in [-0.1, -0.05) is 6.92 Å². The highest BCUT2D eigenvalue weighted by molar-refractivity contribution is 7.89. The van der Waals surface area contributed by atoms with E-state index >= 15 is 0 Å². The van der Waals surface area contributed by atoms with Crippen molar-refractivity contribution < 1.29 is 18.3 Å². The molecule has 20 heavy (non-hydrogen) atoms. The Labute approximate surface area is 118 Å². The maximum atomic E-state index is 12.2. The van der Waals surface area contributed by atoms with Crippen molar-refractivity contribution in [2.45, 2.75) is 13.3 Å². The Morgan fingerprint density at radius 2 is 2.05 bits per heavy atom. The van der Waals surface area contributed by atoms with Crippen molar-refractivity contribution >= 4 is 16.0 Å². The molecule has 2 atom stereocenters. The summed E-state index contributed by atoms with van der Waals surface area (Å²) in [5.41, 5.74) is 0.908. The molecule has 110 valence electrons. The minimum atomic E-state index is -3.41. The van der Waals surface area contributed by atoms with E-state index in [2.05, 4.69) is 4.98 Å². The lowest BCUT2D eigenvalue weighted by Crippen LogP contribution is -2.32. The molecule has 0 unspecified atom stereocenters. The highest BCUT2D eigenvalue weighted by atomic mass is 32.2. The zero-order chi connectivity index (χ0) is 14.8. The second-order valence-electron chi connectivity index (χ2n) is 5.16. The van der Waals surface area contributed by atoms with Crippen LogP contribution in [0.25, 0.3) is 0 Å². The molecule has 1 fully saturated rings. The molecule has 1 aromatic heterocycles. The number of pyridine rings is 1. The van der Waals surface area contributed by atoms with Crippen LogP contribution < -0.4 is 0 Å². The number of carboxylic acids is 1. The first kappa shape index (κ1) is 14.9. The number of carboxylic acid groups (broad SMARTS) is 1. The minimum absolute atomic E-state index is 0.00390. The van der Waals surface area contributed by atoms with E-state index in [9.17, 15) is 13.2 Å². The zero-order valence-electron chi connectivity index (χ0n) is 11.3. The van der Waals surface area contributed by atoms with Crippen LogP contribution in [0.3, 0.4) is 0 Å². The van der Waals surface area contributed by atoms with Gasteiger partial charge in [0.2, 0.25) is 10.0 Å². The Bertz CT molecular complexity index is 573. The van der Waals surface area contributed by atoms with Crippen LogP contribution in [0.5, 0.6) is 0 Å². The maximum absolute atomic E-state index is 12.2. The van der Waals surface area contributed by atoms with Crippen LogP contribution in [0.2, 0.25) is 0 Å². The summed E-state index contributed by atoms with van der Waals surface area (Å²) in [7, 11) is -3.41. The number of aromatic nitrogens is 1. The molecule has 0 spiro atoms. The van der Waals surface area contributed by atoms with Crippen molar-refractivity contribution in [3.63, 3.8) is 0 Å². The van der Waals surface area contributed by atoms with E-state index in [0.717, 1.165) is 5.56 Å². The van der Waals surface area contributed by atoms with Crippen molar-refractivity contribution in [2.24, 2.45) is 11.8 Å². The van der Waals surface area contributed by atoms with Gasteiger partial charge < -0.3 is 5.11 Å². The number of hydrogen-bond donors (Lipinski definition) is 1. The van der Waals surface area contributed by atoms with Gasteiger partial charge in [-0.05, 0) is 30.0 Å². The van der Waals surface area contributed by atoms with Crippen LogP contribution in [0, 0.1) is 11.8 Å². The summed E-state index contributed by atoms with van der Waals surface area (Å²) in [6, 6.07) is 3.56. The molecule has 2 rings (SSSR count). The normalized spacial score (nSPS) is 23.9. The first-order chi connectivity index (χ1) is 9.40. The molecular weight excluding hydrogens is 280 g/mol. The third-order valence-electron chi connectivity index (χ3n) is 3.69. The third-order valence-corrected chi connectivity index (χ3v) is 5.49. The van der Waals surface area contributed by atoms with E-state index in [1.165, 1.54) is 4.31 Å². The standard InChI is InChI=1S/C13H18N2O4S/c1-10-8-15(9-12(10)13(16)17)20(18,19)7-4-11-2-5-14-6-3-11/h2-3,5-6,10,12H,4,7-9H2,1H3,(H,16,17)/t10-,12-/m1/s1. The fourth-order valence-corrected chi connectivity index (χ4v) is 4.00. The molecule has 0 saturated carbocycles. The number of carbonyl (C=O) groups is 1. The highest BCUT2D eigenvalue weighted by Gasteiger charge is 2.39. The molecular formula is C13H18N2O4S. The van der Waals surface area contributed by atoms with Gasteiger partial charge in [-0.2, -0.15) is 0 Å². The van der Waals surface area contributed by atoms with E-state index < -0.39 is 21.9 Å². The van der Waals surface area contributed by atoms with Gasteiger partial charge in [0.05, 0.1) is 11.7 Å². The molecule has 0 radical (unpaired) electrons. The molecule has 1 aliphatic heterocycles. The van der Waals surface area contributed by atoms with Gasteiger partial charge in [0, 0.05) is 25.5 Å². The predicted molar refractivity (Wildman–Crippen MR) is 73.6 cm³/mol. The third kappa shape index (κ3) is 3.34. The lowest BCUT2D eigenvalue weighted by Gasteiger charge is -2.15. The summed E-state index contributed by atoms with van der Waals surface area (Å²) in [5.74, 6) is -1.69. The smallest absolute Gasteiger partial charge is 0.308 e. The van der Waals surface area contributed by atoms with Crippen molar-refractivity contribution in [2.75, 3.05) is 18.8 Å². The minimum Gasteiger partial charge on any atom is -0.481 e. The second-order valence-corrected chi connectivity index (χ2v) is 7.25. The van der Waals surface area contributed by atoms with Crippen LogP contribution in [0.4, 0.5) is 0 Å². The average molecular weight is 298 g/mol. The molecule has 1 saturated heterocycles. The van der Waals surface area contributed by atoms with Crippen molar-refractivity contribution in [1.82, 2.24) is 9.29 Å². The monoisotopic (exact) mass is 298 g/mol. The largest absolute Gasteiger partial charge is 0.481 e. The van der Waals surface area contributed by atoms with E-state index in [4.69, 9.17) is 5.11 Å². The van der Waals surface area contributed by atoms with Crippen molar-refractivity contribution in [1.29, 1.82) is 0 Å². The Morgan fingerprint density at radius 3 is 2.60 bits per heavy atom. The van der Waals surface area contributed by atoms with E-state index in [1.807, 2.05) is 0 Å². The average Bonchev–Trinajstić information content (AvgIpc) is 2.81. The van der Waals surface area contributed by atoms with E-state index in [0.29, 0.717) is 6.42 Å². The van der Waals surface area contributed by atoms with Gasteiger partial charge in [-0.25, -0.2) is 12.7 Å². The molecule has 7 heteroatoms. The predicted octanol–water partition coefficient (Wildman–Crippen LogP) is 0.606. The summed E-state index contributed by atoms with van der Waals surface area (Å²) in [5, 5.41) is 9.05. The fourth-order valence-electron chi connectivity index (χ4n) is 2.40. The number of sulfonamides is 1. The molecule has 1 N–H and O–H groups in total. The van der Waals surface area contributed by atoms with Crippen LogP contribution in [-0.2, 0) is 21.2 Å². The summed E-state index contributed by atoms with van der Waals surface area (Å²) in [6.45, 7) is 2.14. The lowest BCUT2D eigenvalue weighted by atomic mass is 9.99. The van der Waals surface area contributed by atoms with E-state index in [-0.39, 0.29) is 24.8 Å². The topological polar surface area (TPSA) is 87.6 Å². The van der Waals surface area contributed by atoms with Crippen LogP contribution in [-0.4, -0.2) is 47.6 Å². The molecule has 1 aliphatic rings. The number of aliphatic carboxylic acids is 1. The molecule has 0 amide bonds. The van der Waals surface area contributed by atoms with Crippen LogP contribution >= 0.6 is 0 Å². The van der Waals surface area contributed by atoms with Gasteiger partial charge in [0.25, 0.3) is 0 Å². The Kier molecular flexibility index (Phi) is 4.39. The summed E-state index contributed by atoms with van der Waals surface area (Å²) >= 11 is 0. The van der Waals surface area contributed by atoms with Crippen LogP contribution in [0.1, 0.15) is 12.5 Å². The summed E-state index contributed by atoms with van der Waals surface area (Å²) in [4.78, 5) is 14.9. The van der Waals surface area contributed by atoms with Crippen molar-refractivity contribution in [3.8, 4) is 0 Å². The number of rotatable bonds is 5. The molecule has 0 aliphatic carbocycles. The maximum Gasteiger partial charge on any atom is 0.308 e. The first-order valence-corrected chi connectivity index (χ1v) is 8.10. The van der Waals surface area contributed by atoms with Gasteiger partial charge >= 0.3 is 5.97 Å². The molecule has 1 aromatic rings. The quantitative estimate of drug-likeness (QED) is 0.860. The van der Waals surface area contributed by atoms with Crippen LogP contribution in [0.15, 0.2) is 24.5 Å². The summed E-state index contributed by atoms with van der Waals surface area (Å²) in [6.07, 6.45) is 3.66. The SMILES string of the molecule is C[C@@H]1CN(S(=O)(=O)CCc2ccncc2)C[C@H]1C(=O)O. The molecule has 0 bridgehead atoms. The van der Waals surface area contributed by atoms with Crippen molar-refractivity contribution in [3.05, 3.63) is 30.1 Å². The number of aryl methyl sites for hydroxylation is 1. The Balaban J connectivity index is 1.99. The summed E-state index contributed by atoms with van der Waals surface area (Å²) < 4.78 is 25.8. The number of nitrogens with zero attached hydrogens (tertiary/aromatic N) is 2. The number of hydrogen-bond acceptors (Lipinski definition) is 4. The first-order valence-electron chi connectivity index (χ1n) is 6.49. The zero-order valence-corrected chi connectivity index (χ0v) is 12.1. The molecule has 0 aromatic carbocycles. The van der Waals surface area contributed by atoms with Gasteiger partial charge in [-0.15, -0.1) is 0 Å². The second kappa shape index (κ2) is 5.88. The van der Waals surface area contributed by atoms with Gasteiger partial charge in [0.15, 0.2) is 0 Å². The molecule has 2 heterocycles. The molecule has 6 nitrogen and oxygen atoms in total. The Morgan fingerprint density at radius 1 is 1.40 bits per heavy atom.